The van der Waals surface area contributed by atoms with E-state index in [0.29, 0.717) is 11.8 Å². The van der Waals surface area contributed by atoms with E-state index < -0.39 is 0 Å². The quantitative estimate of drug-likeness (QED) is 0.624. The van der Waals surface area contributed by atoms with Gasteiger partial charge >= 0.3 is 0 Å². The van der Waals surface area contributed by atoms with Crippen LogP contribution in [0, 0.1) is 0 Å². The number of carbonyl (C=O) groups excluding carboxylic acids is 1. The molecule has 13 heavy (non-hydrogen) atoms. The average Bonchev–Trinajstić information content (AvgIpc) is 2.74. The monoisotopic (exact) mass is 175 g/mol. The van der Waals surface area contributed by atoms with Crippen LogP contribution in [0.3, 0.4) is 0 Å². The van der Waals surface area contributed by atoms with Crippen molar-refractivity contribution in [3.63, 3.8) is 0 Å². The van der Waals surface area contributed by atoms with E-state index in [1.54, 1.807) is 0 Å². The van der Waals surface area contributed by atoms with Crippen LogP contribution in [0.25, 0.3) is 0 Å². The van der Waals surface area contributed by atoms with Gasteiger partial charge in [0.05, 0.1) is 11.8 Å². The lowest BCUT2D eigenvalue weighted by Crippen LogP contribution is -1.66. The fourth-order valence-corrected chi connectivity index (χ4v) is 0.656. The Labute approximate surface area is 76.0 Å². The molecule has 0 aliphatic carbocycles. The summed E-state index contributed by atoms with van der Waals surface area (Å²) in [4.78, 5) is 9.77. The molecule has 0 aliphatic heterocycles. The van der Waals surface area contributed by atoms with Crippen molar-refractivity contribution in [3.05, 3.63) is 54.4 Å². The smallest absolute Gasteiger partial charge is 0.154 e. The van der Waals surface area contributed by atoms with Gasteiger partial charge in [0.15, 0.2) is 6.29 Å². The van der Waals surface area contributed by atoms with E-state index in [1.807, 2.05) is 36.4 Å². The summed E-state index contributed by atoms with van der Waals surface area (Å²) in [6, 6.07) is 12.0. The molecule has 0 fully saturated rings. The maximum absolute atomic E-state index is 9.77. The lowest BCUT2D eigenvalue weighted by Gasteiger charge is -1.69. The molecule has 0 bridgehead atoms. The topological polar surface area (TPSA) is 43.1 Å². The Kier molecular flexibility index (Phi) is 4.04. The third kappa shape index (κ3) is 3.86. The maximum atomic E-state index is 9.77. The first kappa shape index (κ1) is 9.19. The molecule has 3 nitrogen and oxygen atoms in total. The molecule has 0 saturated heterocycles. The van der Waals surface area contributed by atoms with E-state index in [2.05, 4.69) is 9.68 Å². The minimum Gasteiger partial charge on any atom is -0.364 e. The van der Waals surface area contributed by atoms with Gasteiger partial charge in [-0.3, -0.25) is 4.79 Å². The van der Waals surface area contributed by atoms with Crippen molar-refractivity contribution < 1.29 is 9.32 Å². The Hall–Kier alpha value is -1.90. The molecule has 0 N–H and O–H groups in total. The van der Waals surface area contributed by atoms with Crippen LogP contribution < -0.4 is 0 Å². The van der Waals surface area contributed by atoms with E-state index in [-0.39, 0.29) is 0 Å². The van der Waals surface area contributed by atoms with E-state index >= 15 is 0 Å². The Bertz CT molecular complexity index is 289. The third-order valence-corrected chi connectivity index (χ3v) is 1.25. The molecule has 1 heterocycles. The van der Waals surface area contributed by atoms with Gasteiger partial charge < -0.3 is 4.52 Å². The van der Waals surface area contributed by atoms with Crippen molar-refractivity contribution in [2.45, 2.75) is 0 Å². The summed E-state index contributed by atoms with van der Waals surface area (Å²) in [5.74, 6) is 0. The molecular weight excluding hydrogens is 166 g/mol. The summed E-state index contributed by atoms with van der Waals surface area (Å²) < 4.78 is 4.32. The van der Waals surface area contributed by atoms with Gasteiger partial charge in [-0.05, 0) is 0 Å². The van der Waals surface area contributed by atoms with Crippen molar-refractivity contribution in [1.82, 2.24) is 5.16 Å². The fraction of sp³-hybridized carbons (Fsp3) is 0. The second-order valence-corrected chi connectivity index (χ2v) is 2.23. The first-order valence-corrected chi connectivity index (χ1v) is 3.78. The Balaban J connectivity index is 0.000000132. The number of hydrogen-bond donors (Lipinski definition) is 0. The van der Waals surface area contributed by atoms with E-state index in [0.717, 1.165) is 0 Å². The largest absolute Gasteiger partial charge is 0.364 e. The average molecular weight is 175 g/mol. The van der Waals surface area contributed by atoms with Gasteiger partial charge in [0.25, 0.3) is 0 Å². The van der Waals surface area contributed by atoms with E-state index in [1.165, 1.54) is 12.5 Å². The molecule has 0 aliphatic rings. The van der Waals surface area contributed by atoms with Crippen LogP contribution in [0.15, 0.2) is 53.4 Å². The number of rotatable bonds is 1. The highest BCUT2D eigenvalue weighted by Crippen LogP contribution is 1.87. The highest BCUT2D eigenvalue weighted by atomic mass is 16.5. The van der Waals surface area contributed by atoms with Crippen LogP contribution in [0.5, 0.6) is 0 Å². The van der Waals surface area contributed by atoms with Gasteiger partial charge in [0, 0.05) is 0 Å². The third-order valence-electron chi connectivity index (χ3n) is 1.25. The summed E-state index contributed by atoms with van der Waals surface area (Å²) in [5.41, 5.74) is 0.472. The molecule has 2 rings (SSSR count). The van der Waals surface area contributed by atoms with Crippen molar-refractivity contribution in [2.75, 3.05) is 0 Å². The summed E-state index contributed by atoms with van der Waals surface area (Å²) in [5, 5.41) is 3.29. The van der Waals surface area contributed by atoms with Crippen molar-refractivity contribution >= 4 is 6.29 Å². The zero-order chi connectivity index (χ0) is 9.36. The number of benzene rings is 1. The van der Waals surface area contributed by atoms with Crippen LogP contribution >= 0.6 is 0 Å². The van der Waals surface area contributed by atoms with Gasteiger partial charge in [-0.2, -0.15) is 0 Å². The number of aldehydes is 1. The summed E-state index contributed by atoms with van der Waals surface area (Å²) >= 11 is 0. The standard InChI is InChI=1S/C6H6.C4H3NO2/c1-2-4-6-5-3-1;6-2-4-1-5-7-3-4/h1-6H;1-3H. The maximum Gasteiger partial charge on any atom is 0.154 e. The first-order valence-electron chi connectivity index (χ1n) is 3.78. The number of nitrogens with zero attached hydrogens (tertiary/aromatic N) is 1. The van der Waals surface area contributed by atoms with Crippen LogP contribution in [0.2, 0.25) is 0 Å². The molecule has 0 saturated carbocycles. The molecule has 0 spiro atoms. The minimum absolute atomic E-state index is 0.472. The zero-order valence-electron chi connectivity index (χ0n) is 6.96. The lowest BCUT2D eigenvalue weighted by molar-refractivity contribution is 0.112. The Morgan fingerprint density at radius 1 is 1.08 bits per heavy atom. The molecule has 0 unspecified atom stereocenters. The van der Waals surface area contributed by atoms with Crippen LogP contribution in [-0.2, 0) is 0 Å². The van der Waals surface area contributed by atoms with Gasteiger partial charge in [0.2, 0.25) is 0 Å². The van der Waals surface area contributed by atoms with Crippen LogP contribution in [0.1, 0.15) is 10.4 Å². The Morgan fingerprint density at radius 3 is 1.85 bits per heavy atom. The molecule has 0 atom stereocenters. The molecule has 2 aromatic rings. The molecular formula is C10H9NO2. The zero-order valence-corrected chi connectivity index (χ0v) is 6.96. The second-order valence-electron chi connectivity index (χ2n) is 2.23. The number of hydrogen-bond acceptors (Lipinski definition) is 3. The van der Waals surface area contributed by atoms with E-state index in [9.17, 15) is 4.79 Å². The molecule has 1 aromatic heterocycles. The summed E-state index contributed by atoms with van der Waals surface area (Å²) in [6.45, 7) is 0. The predicted octanol–water partition coefficient (Wildman–Crippen LogP) is 2.17. The van der Waals surface area contributed by atoms with Gasteiger partial charge in [-0.25, -0.2) is 0 Å². The van der Waals surface area contributed by atoms with Crippen molar-refractivity contribution in [3.8, 4) is 0 Å². The normalized spacial score (nSPS) is 8.31. The summed E-state index contributed by atoms with van der Waals surface area (Å²) in [7, 11) is 0. The van der Waals surface area contributed by atoms with Crippen LogP contribution in [-0.4, -0.2) is 11.4 Å². The Morgan fingerprint density at radius 2 is 1.62 bits per heavy atom. The highest BCUT2D eigenvalue weighted by Gasteiger charge is 1.86. The van der Waals surface area contributed by atoms with Crippen molar-refractivity contribution in [1.29, 1.82) is 0 Å². The predicted molar refractivity (Wildman–Crippen MR) is 48.3 cm³/mol. The lowest BCUT2D eigenvalue weighted by atomic mass is 10.4. The van der Waals surface area contributed by atoms with Crippen molar-refractivity contribution in [2.24, 2.45) is 0 Å². The highest BCUT2D eigenvalue weighted by molar-refractivity contribution is 5.72. The minimum atomic E-state index is 0.472. The first-order chi connectivity index (χ1) is 6.43. The second kappa shape index (κ2) is 5.71. The molecule has 3 heteroatoms. The molecule has 1 aromatic carbocycles. The van der Waals surface area contributed by atoms with Crippen LogP contribution in [0.4, 0.5) is 0 Å². The molecule has 66 valence electrons. The van der Waals surface area contributed by atoms with Gasteiger partial charge in [0.1, 0.15) is 6.26 Å². The number of aromatic nitrogens is 1. The fourth-order valence-electron chi connectivity index (χ4n) is 0.656. The molecule has 0 radical (unpaired) electrons. The molecule has 0 amide bonds. The SMILES string of the molecule is O=Cc1cnoc1.c1ccccc1. The van der Waals surface area contributed by atoms with Gasteiger partial charge in [-0.1, -0.05) is 41.6 Å². The summed E-state index contributed by atoms with van der Waals surface area (Å²) in [6.07, 6.45) is 3.32. The van der Waals surface area contributed by atoms with Gasteiger partial charge in [-0.15, -0.1) is 0 Å². The van der Waals surface area contributed by atoms with E-state index in [4.69, 9.17) is 0 Å². The number of carbonyl (C=O) groups is 1.